The molecule has 2 aromatic rings. The number of hydrogen-bond acceptors (Lipinski definition) is 5. The number of carboxylic acid groups (broad SMARTS) is 1. The normalized spacial score (nSPS) is 15.7. The van der Waals surface area contributed by atoms with Crippen molar-refractivity contribution in [3.63, 3.8) is 0 Å². The SMILES string of the molecule is CCc1c([N+](=O)[O-])ccc2c1N(Cc1ccccc1)CC(CCC(=O)O)O2. The van der Waals surface area contributed by atoms with E-state index in [1.54, 1.807) is 6.07 Å². The second-order valence-corrected chi connectivity index (χ2v) is 6.56. The highest BCUT2D eigenvalue weighted by atomic mass is 16.6. The Bertz CT molecular complexity index is 838. The second kappa shape index (κ2) is 8.07. The standard InChI is InChI=1S/C20H22N2O5/c1-2-16-17(22(25)26)9-10-18-20(16)21(12-14-6-4-3-5-7-14)13-15(27-18)8-11-19(23)24/h3-7,9-10,15H,2,8,11-13H2,1H3,(H,23,24). The summed E-state index contributed by atoms with van der Waals surface area (Å²) in [5.74, 6) is -0.285. The van der Waals surface area contributed by atoms with Gasteiger partial charge in [0.25, 0.3) is 5.69 Å². The van der Waals surface area contributed by atoms with Crippen molar-refractivity contribution < 1.29 is 19.6 Å². The van der Waals surface area contributed by atoms with E-state index in [0.29, 0.717) is 37.2 Å². The van der Waals surface area contributed by atoms with Crippen molar-refractivity contribution in [1.29, 1.82) is 0 Å². The molecular formula is C20H22N2O5. The van der Waals surface area contributed by atoms with Gasteiger partial charge in [-0.15, -0.1) is 0 Å². The summed E-state index contributed by atoms with van der Waals surface area (Å²) < 4.78 is 6.00. The Morgan fingerprint density at radius 2 is 2.04 bits per heavy atom. The molecular weight excluding hydrogens is 348 g/mol. The molecule has 0 fully saturated rings. The number of anilines is 1. The van der Waals surface area contributed by atoms with Gasteiger partial charge in [-0.05, 0) is 24.5 Å². The fourth-order valence-corrected chi connectivity index (χ4v) is 3.50. The maximum Gasteiger partial charge on any atom is 0.303 e. The molecule has 0 aromatic heterocycles. The zero-order chi connectivity index (χ0) is 19.4. The van der Waals surface area contributed by atoms with E-state index in [2.05, 4.69) is 4.90 Å². The lowest BCUT2D eigenvalue weighted by molar-refractivity contribution is -0.385. The molecule has 1 aliphatic heterocycles. The van der Waals surface area contributed by atoms with E-state index in [0.717, 1.165) is 11.3 Å². The molecule has 0 bridgehead atoms. The summed E-state index contributed by atoms with van der Waals surface area (Å²) in [4.78, 5) is 24.1. The molecule has 0 radical (unpaired) electrons. The lowest BCUT2D eigenvalue weighted by Crippen LogP contribution is -2.40. The van der Waals surface area contributed by atoms with Gasteiger partial charge in [0.15, 0.2) is 0 Å². The van der Waals surface area contributed by atoms with Crippen LogP contribution in [0.25, 0.3) is 0 Å². The molecule has 0 amide bonds. The summed E-state index contributed by atoms with van der Waals surface area (Å²) in [6.45, 7) is 2.96. The number of carbonyl (C=O) groups is 1. The van der Waals surface area contributed by atoms with Gasteiger partial charge in [-0.3, -0.25) is 14.9 Å². The van der Waals surface area contributed by atoms with Crippen LogP contribution in [0.15, 0.2) is 42.5 Å². The molecule has 0 saturated heterocycles. The molecule has 1 N–H and O–H groups in total. The highest BCUT2D eigenvalue weighted by Gasteiger charge is 2.31. The Hall–Kier alpha value is -3.09. The van der Waals surface area contributed by atoms with Gasteiger partial charge in [0.1, 0.15) is 11.9 Å². The second-order valence-electron chi connectivity index (χ2n) is 6.56. The summed E-state index contributed by atoms with van der Waals surface area (Å²) >= 11 is 0. The Morgan fingerprint density at radius 1 is 1.30 bits per heavy atom. The van der Waals surface area contributed by atoms with Gasteiger partial charge in [-0.25, -0.2) is 0 Å². The number of carboxylic acids is 1. The van der Waals surface area contributed by atoms with E-state index in [1.165, 1.54) is 6.07 Å². The molecule has 27 heavy (non-hydrogen) atoms. The average molecular weight is 370 g/mol. The van der Waals surface area contributed by atoms with Crippen LogP contribution in [-0.2, 0) is 17.8 Å². The molecule has 7 nitrogen and oxygen atoms in total. The maximum absolute atomic E-state index is 11.5. The third-order valence-electron chi connectivity index (χ3n) is 4.70. The van der Waals surface area contributed by atoms with Crippen molar-refractivity contribution >= 4 is 17.3 Å². The molecule has 142 valence electrons. The predicted octanol–water partition coefficient (Wildman–Crippen LogP) is 3.79. The van der Waals surface area contributed by atoms with Gasteiger partial charge in [0.2, 0.25) is 0 Å². The number of fused-ring (bicyclic) bond motifs is 1. The van der Waals surface area contributed by atoms with Crippen LogP contribution in [0.4, 0.5) is 11.4 Å². The number of benzene rings is 2. The predicted molar refractivity (Wildman–Crippen MR) is 101 cm³/mol. The quantitative estimate of drug-likeness (QED) is 0.589. The fourth-order valence-electron chi connectivity index (χ4n) is 3.50. The Morgan fingerprint density at radius 3 is 2.67 bits per heavy atom. The van der Waals surface area contributed by atoms with Gasteiger partial charge < -0.3 is 14.7 Å². The number of ether oxygens (including phenoxy) is 1. The van der Waals surface area contributed by atoms with E-state index >= 15 is 0 Å². The van der Waals surface area contributed by atoms with Gasteiger partial charge in [-0.2, -0.15) is 0 Å². The van der Waals surface area contributed by atoms with Crippen LogP contribution in [0.5, 0.6) is 5.75 Å². The third kappa shape index (κ3) is 4.19. The number of aliphatic carboxylic acids is 1. The van der Waals surface area contributed by atoms with Crippen molar-refractivity contribution in [3.05, 3.63) is 63.7 Å². The molecule has 0 spiro atoms. The molecule has 3 rings (SSSR count). The molecule has 7 heteroatoms. The number of nitro groups is 1. The molecule has 2 aromatic carbocycles. The monoisotopic (exact) mass is 370 g/mol. The van der Waals surface area contributed by atoms with Gasteiger partial charge in [-0.1, -0.05) is 37.3 Å². The summed E-state index contributed by atoms with van der Waals surface area (Å²) in [5.41, 5.74) is 2.55. The molecule has 1 atom stereocenters. The van der Waals surface area contributed by atoms with Crippen molar-refractivity contribution in [1.82, 2.24) is 0 Å². The lowest BCUT2D eigenvalue weighted by atomic mass is 10.0. The van der Waals surface area contributed by atoms with Crippen LogP contribution in [0, 0.1) is 10.1 Å². The van der Waals surface area contributed by atoms with Crippen LogP contribution in [0.1, 0.15) is 30.9 Å². The minimum atomic E-state index is -0.864. The lowest BCUT2D eigenvalue weighted by Gasteiger charge is -2.37. The summed E-state index contributed by atoms with van der Waals surface area (Å²) in [6.07, 6.45) is 0.641. The zero-order valence-electron chi connectivity index (χ0n) is 15.1. The molecule has 1 heterocycles. The third-order valence-corrected chi connectivity index (χ3v) is 4.70. The van der Waals surface area contributed by atoms with Crippen LogP contribution >= 0.6 is 0 Å². The first-order chi connectivity index (χ1) is 13.0. The van der Waals surface area contributed by atoms with Crippen molar-refractivity contribution in [2.24, 2.45) is 0 Å². The van der Waals surface area contributed by atoms with Crippen LogP contribution in [0.2, 0.25) is 0 Å². The first-order valence-electron chi connectivity index (χ1n) is 8.97. The topological polar surface area (TPSA) is 92.9 Å². The van der Waals surface area contributed by atoms with E-state index in [1.807, 2.05) is 37.3 Å². The van der Waals surface area contributed by atoms with Crippen LogP contribution in [0.3, 0.4) is 0 Å². The van der Waals surface area contributed by atoms with Gasteiger partial charge >= 0.3 is 5.97 Å². The highest BCUT2D eigenvalue weighted by Crippen LogP contribution is 2.42. The number of rotatable bonds is 7. The van der Waals surface area contributed by atoms with Crippen molar-refractivity contribution in [3.8, 4) is 5.75 Å². The highest BCUT2D eigenvalue weighted by molar-refractivity contribution is 5.71. The first kappa shape index (κ1) is 18.7. The van der Waals surface area contributed by atoms with Gasteiger partial charge in [0, 0.05) is 19.0 Å². The van der Waals surface area contributed by atoms with E-state index < -0.39 is 5.97 Å². The van der Waals surface area contributed by atoms with Gasteiger partial charge in [0.05, 0.1) is 22.7 Å². The molecule has 0 aliphatic carbocycles. The largest absolute Gasteiger partial charge is 0.486 e. The van der Waals surface area contributed by atoms with E-state index in [9.17, 15) is 14.9 Å². The Labute approximate surface area is 157 Å². The Kier molecular flexibility index (Phi) is 5.59. The molecule has 1 aliphatic rings. The van der Waals surface area contributed by atoms with Crippen molar-refractivity contribution in [2.75, 3.05) is 11.4 Å². The zero-order valence-corrected chi connectivity index (χ0v) is 15.1. The number of nitro benzene ring substituents is 1. The number of nitrogens with zero attached hydrogens (tertiary/aromatic N) is 2. The smallest absolute Gasteiger partial charge is 0.303 e. The maximum atomic E-state index is 11.5. The van der Waals surface area contributed by atoms with E-state index in [4.69, 9.17) is 9.84 Å². The minimum absolute atomic E-state index is 0.0206. The van der Waals surface area contributed by atoms with E-state index in [-0.39, 0.29) is 23.1 Å². The fraction of sp³-hybridized carbons (Fsp3) is 0.350. The Balaban J connectivity index is 2.00. The summed E-state index contributed by atoms with van der Waals surface area (Å²) in [6, 6.07) is 12.9. The number of hydrogen-bond donors (Lipinski definition) is 1. The summed E-state index contributed by atoms with van der Waals surface area (Å²) in [5, 5.41) is 20.4. The van der Waals surface area contributed by atoms with Crippen LogP contribution in [-0.4, -0.2) is 28.6 Å². The molecule has 1 unspecified atom stereocenters. The molecule has 0 saturated carbocycles. The average Bonchev–Trinajstić information content (AvgIpc) is 2.66. The minimum Gasteiger partial charge on any atom is -0.486 e. The summed E-state index contributed by atoms with van der Waals surface area (Å²) in [7, 11) is 0. The first-order valence-corrected chi connectivity index (χ1v) is 8.97. The van der Waals surface area contributed by atoms with Crippen LogP contribution < -0.4 is 9.64 Å². The van der Waals surface area contributed by atoms with Crippen molar-refractivity contribution in [2.45, 2.75) is 38.8 Å².